The summed E-state index contributed by atoms with van der Waals surface area (Å²) in [5.74, 6) is 1.60. The maximum absolute atomic E-state index is 10.2. The Morgan fingerprint density at radius 3 is 2.50 bits per heavy atom. The lowest BCUT2D eigenvalue weighted by Gasteiger charge is -2.15. The second-order valence-corrected chi connectivity index (χ2v) is 5.34. The molecule has 0 aliphatic heterocycles. The van der Waals surface area contributed by atoms with Crippen LogP contribution in [0.5, 0.6) is 17.2 Å². The molecule has 118 valence electrons. The van der Waals surface area contributed by atoms with E-state index in [0.717, 1.165) is 24.0 Å². The zero-order chi connectivity index (χ0) is 15.8. The molecule has 0 aromatic heterocycles. The molecule has 2 aromatic rings. The van der Waals surface area contributed by atoms with Crippen LogP contribution in [0, 0.1) is 0 Å². The first-order valence-corrected chi connectivity index (χ1v) is 7.99. The molecular formula is C18H21ClO3. The number of hydrogen-bond acceptors (Lipinski definition) is 3. The van der Waals surface area contributed by atoms with Crippen molar-refractivity contribution in [1.82, 2.24) is 0 Å². The summed E-state index contributed by atoms with van der Waals surface area (Å²) in [6, 6.07) is 13.4. The van der Waals surface area contributed by atoms with Crippen molar-refractivity contribution in [2.75, 3.05) is 12.5 Å². The second kappa shape index (κ2) is 8.54. The standard InChI is InChI=1S/C18H21ClO3/c1-2-14-11-16(20)18(17(12-14)21-10-6-9-19)22-13-15-7-4-3-5-8-15/h3-5,7-8,11-12,20H,2,6,9-10,13H2,1H3. The van der Waals surface area contributed by atoms with E-state index in [-0.39, 0.29) is 5.75 Å². The molecule has 2 rings (SSSR count). The number of aromatic hydroxyl groups is 1. The van der Waals surface area contributed by atoms with Crippen molar-refractivity contribution in [3.8, 4) is 17.2 Å². The van der Waals surface area contributed by atoms with Gasteiger partial charge in [0.25, 0.3) is 0 Å². The van der Waals surface area contributed by atoms with Gasteiger partial charge in [-0.15, -0.1) is 11.6 Å². The van der Waals surface area contributed by atoms with Crippen molar-refractivity contribution in [1.29, 1.82) is 0 Å². The highest BCUT2D eigenvalue weighted by molar-refractivity contribution is 6.17. The predicted octanol–water partition coefficient (Wildman–Crippen LogP) is 4.54. The molecule has 0 saturated heterocycles. The van der Waals surface area contributed by atoms with E-state index in [1.165, 1.54) is 0 Å². The van der Waals surface area contributed by atoms with E-state index in [0.29, 0.717) is 30.6 Å². The summed E-state index contributed by atoms with van der Waals surface area (Å²) in [6.45, 7) is 2.91. The predicted molar refractivity (Wildman–Crippen MR) is 89.1 cm³/mol. The molecule has 0 aliphatic rings. The molecule has 0 atom stereocenters. The molecule has 1 N–H and O–H groups in total. The summed E-state index contributed by atoms with van der Waals surface area (Å²) in [5.41, 5.74) is 2.04. The van der Waals surface area contributed by atoms with Crippen LogP contribution in [-0.2, 0) is 13.0 Å². The third-order valence-corrected chi connectivity index (χ3v) is 3.53. The third-order valence-electron chi connectivity index (χ3n) is 3.26. The molecule has 0 fully saturated rings. The van der Waals surface area contributed by atoms with Crippen LogP contribution in [0.25, 0.3) is 0 Å². The largest absolute Gasteiger partial charge is 0.504 e. The maximum Gasteiger partial charge on any atom is 0.203 e. The van der Waals surface area contributed by atoms with Crippen molar-refractivity contribution in [3.05, 3.63) is 53.6 Å². The minimum Gasteiger partial charge on any atom is -0.504 e. The SMILES string of the molecule is CCc1cc(O)c(OCc2ccccc2)c(OCCCCl)c1. The van der Waals surface area contributed by atoms with Crippen LogP contribution in [0.15, 0.2) is 42.5 Å². The summed E-state index contributed by atoms with van der Waals surface area (Å²) in [4.78, 5) is 0. The molecule has 0 heterocycles. The zero-order valence-electron chi connectivity index (χ0n) is 12.7. The third kappa shape index (κ3) is 4.57. The van der Waals surface area contributed by atoms with Gasteiger partial charge in [-0.2, -0.15) is 0 Å². The van der Waals surface area contributed by atoms with Gasteiger partial charge in [-0.3, -0.25) is 0 Å². The molecular weight excluding hydrogens is 300 g/mol. The minimum atomic E-state index is 0.108. The van der Waals surface area contributed by atoms with E-state index in [4.69, 9.17) is 21.1 Å². The number of benzene rings is 2. The van der Waals surface area contributed by atoms with E-state index in [9.17, 15) is 5.11 Å². The smallest absolute Gasteiger partial charge is 0.203 e. The Hall–Kier alpha value is -1.87. The van der Waals surface area contributed by atoms with Crippen LogP contribution >= 0.6 is 11.6 Å². The average Bonchev–Trinajstić information content (AvgIpc) is 2.55. The van der Waals surface area contributed by atoms with Gasteiger partial charge in [0.05, 0.1) is 6.61 Å². The summed E-state index contributed by atoms with van der Waals surface area (Å²) in [5, 5.41) is 10.2. The van der Waals surface area contributed by atoms with E-state index >= 15 is 0 Å². The van der Waals surface area contributed by atoms with Crippen molar-refractivity contribution in [3.63, 3.8) is 0 Å². The fourth-order valence-electron chi connectivity index (χ4n) is 2.07. The molecule has 0 radical (unpaired) electrons. The number of hydrogen-bond donors (Lipinski definition) is 1. The van der Waals surface area contributed by atoms with Gasteiger partial charge < -0.3 is 14.6 Å². The van der Waals surface area contributed by atoms with Crippen molar-refractivity contribution in [2.45, 2.75) is 26.4 Å². The first kappa shape index (κ1) is 16.5. The number of alkyl halides is 1. The summed E-state index contributed by atoms with van der Waals surface area (Å²) < 4.78 is 11.5. The fraction of sp³-hybridized carbons (Fsp3) is 0.333. The Bertz CT molecular complexity index is 584. The van der Waals surface area contributed by atoms with Crippen LogP contribution in [0.2, 0.25) is 0 Å². The van der Waals surface area contributed by atoms with Gasteiger partial charge in [0.1, 0.15) is 6.61 Å². The zero-order valence-corrected chi connectivity index (χ0v) is 13.5. The number of phenolic OH excluding ortho intramolecular Hbond substituents is 1. The summed E-state index contributed by atoms with van der Waals surface area (Å²) in [6.07, 6.45) is 1.56. The Balaban J connectivity index is 2.16. The molecule has 0 saturated carbocycles. The molecule has 22 heavy (non-hydrogen) atoms. The lowest BCUT2D eigenvalue weighted by Crippen LogP contribution is -2.03. The van der Waals surface area contributed by atoms with Crippen LogP contribution in [0.4, 0.5) is 0 Å². The first-order chi connectivity index (χ1) is 10.7. The first-order valence-electron chi connectivity index (χ1n) is 7.46. The van der Waals surface area contributed by atoms with Crippen LogP contribution in [0.1, 0.15) is 24.5 Å². The van der Waals surface area contributed by atoms with Gasteiger partial charge >= 0.3 is 0 Å². The Labute approximate surface area is 136 Å². The van der Waals surface area contributed by atoms with Gasteiger partial charge in [0, 0.05) is 5.88 Å². The van der Waals surface area contributed by atoms with Crippen molar-refractivity contribution in [2.24, 2.45) is 0 Å². The summed E-state index contributed by atoms with van der Waals surface area (Å²) >= 11 is 5.68. The highest BCUT2D eigenvalue weighted by Gasteiger charge is 2.13. The monoisotopic (exact) mass is 320 g/mol. The number of phenols is 1. The van der Waals surface area contributed by atoms with Crippen LogP contribution < -0.4 is 9.47 Å². The topological polar surface area (TPSA) is 38.7 Å². The average molecular weight is 321 g/mol. The molecule has 2 aromatic carbocycles. The van der Waals surface area contributed by atoms with Gasteiger partial charge in [0.2, 0.25) is 5.75 Å². The van der Waals surface area contributed by atoms with Gasteiger partial charge in [-0.25, -0.2) is 0 Å². The van der Waals surface area contributed by atoms with E-state index in [1.54, 1.807) is 6.07 Å². The van der Waals surface area contributed by atoms with E-state index in [2.05, 4.69) is 0 Å². The normalized spacial score (nSPS) is 10.5. The summed E-state index contributed by atoms with van der Waals surface area (Å²) in [7, 11) is 0. The van der Waals surface area contributed by atoms with Crippen molar-refractivity contribution < 1.29 is 14.6 Å². The Kier molecular flexibility index (Phi) is 6.41. The highest BCUT2D eigenvalue weighted by atomic mass is 35.5. The second-order valence-electron chi connectivity index (χ2n) is 4.96. The molecule has 4 heteroatoms. The van der Waals surface area contributed by atoms with E-state index < -0.39 is 0 Å². The van der Waals surface area contributed by atoms with Gasteiger partial charge in [-0.1, -0.05) is 37.3 Å². The Morgan fingerprint density at radius 1 is 1.05 bits per heavy atom. The lowest BCUT2D eigenvalue weighted by molar-refractivity contribution is 0.251. The quantitative estimate of drug-likeness (QED) is 0.573. The lowest BCUT2D eigenvalue weighted by atomic mass is 10.1. The number of halogens is 1. The van der Waals surface area contributed by atoms with E-state index in [1.807, 2.05) is 43.3 Å². The maximum atomic E-state index is 10.2. The number of ether oxygens (including phenoxy) is 2. The minimum absolute atomic E-state index is 0.108. The number of aryl methyl sites for hydroxylation is 1. The van der Waals surface area contributed by atoms with Crippen molar-refractivity contribution >= 4 is 11.6 Å². The van der Waals surface area contributed by atoms with Gasteiger partial charge in [0.15, 0.2) is 11.5 Å². The van der Waals surface area contributed by atoms with Gasteiger partial charge in [-0.05, 0) is 36.1 Å². The highest BCUT2D eigenvalue weighted by Crippen LogP contribution is 2.38. The number of rotatable bonds is 8. The molecule has 0 spiro atoms. The van der Waals surface area contributed by atoms with Crippen LogP contribution in [-0.4, -0.2) is 17.6 Å². The Morgan fingerprint density at radius 2 is 1.82 bits per heavy atom. The fourth-order valence-corrected chi connectivity index (χ4v) is 2.17. The molecule has 0 amide bonds. The molecule has 0 bridgehead atoms. The molecule has 3 nitrogen and oxygen atoms in total. The van der Waals surface area contributed by atoms with Crippen LogP contribution in [0.3, 0.4) is 0 Å². The molecule has 0 unspecified atom stereocenters. The molecule has 0 aliphatic carbocycles.